The number of thiazole rings is 1. The first-order valence-electron chi connectivity index (χ1n) is 9.16. The lowest BCUT2D eigenvalue weighted by molar-refractivity contribution is 0.372. The van der Waals surface area contributed by atoms with Gasteiger partial charge in [-0.2, -0.15) is 0 Å². The van der Waals surface area contributed by atoms with Crippen LogP contribution >= 0.6 is 35.3 Å². The van der Waals surface area contributed by atoms with Gasteiger partial charge in [0.2, 0.25) is 0 Å². The van der Waals surface area contributed by atoms with Gasteiger partial charge < -0.3 is 15.1 Å². The van der Waals surface area contributed by atoms with Gasteiger partial charge in [-0.25, -0.2) is 14.4 Å². The fourth-order valence-electron chi connectivity index (χ4n) is 2.99. The number of hydrogen-bond acceptors (Lipinski definition) is 4. The number of benzene rings is 1. The number of rotatable bonds is 5. The third kappa shape index (κ3) is 6.03. The van der Waals surface area contributed by atoms with Gasteiger partial charge in [0.1, 0.15) is 5.82 Å². The minimum atomic E-state index is -0.192. The average Bonchev–Trinajstić information content (AvgIpc) is 3.14. The molecule has 1 N–H and O–H groups in total. The Hall–Kier alpha value is -1.42. The van der Waals surface area contributed by atoms with Crippen LogP contribution in [-0.4, -0.2) is 48.6 Å². The highest BCUT2D eigenvalue weighted by molar-refractivity contribution is 14.0. The molecule has 0 amide bonds. The zero-order valence-electron chi connectivity index (χ0n) is 15.8. The van der Waals surface area contributed by atoms with Gasteiger partial charge >= 0.3 is 0 Å². The molecule has 1 aromatic carbocycles. The van der Waals surface area contributed by atoms with Crippen LogP contribution in [0.5, 0.6) is 0 Å². The minimum Gasteiger partial charge on any atom is -0.368 e. The summed E-state index contributed by atoms with van der Waals surface area (Å²) in [7, 11) is 0. The summed E-state index contributed by atoms with van der Waals surface area (Å²) >= 11 is 1.70. The van der Waals surface area contributed by atoms with E-state index in [1.54, 1.807) is 11.3 Å². The number of aromatic nitrogens is 1. The maximum atomic E-state index is 13.1. The molecule has 27 heavy (non-hydrogen) atoms. The second-order valence-electron chi connectivity index (χ2n) is 6.21. The van der Waals surface area contributed by atoms with E-state index in [0.29, 0.717) is 6.54 Å². The van der Waals surface area contributed by atoms with Crippen LogP contribution in [-0.2, 0) is 13.0 Å². The molecular formula is C19H27FIN5S. The molecule has 1 aromatic heterocycles. The highest BCUT2D eigenvalue weighted by Gasteiger charge is 2.20. The van der Waals surface area contributed by atoms with Gasteiger partial charge in [0.05, 0.1) is 17.2 Å². The Morgan fingerprint density at radius 1 is 1.19 bits per heavy atom. The Balaban J connectivity index is 0.00000261. The average molecular weight is 503 g/mol. The van der Waals surface area contributed by atoms with Gasteiger partial charge in [-0.1, -0.05) is 6.92 Å². The lowest BCUT2D eigenvalue weighted by atomic mass is 10.2. The Morgan fingerprint density at radius 3 is 2.48 bits per heavy atom. The normalized spacial score (nSPS) is 14.9. The third-order valence-corrected chi connectivity index (χ3v) is 5.44. The fraction of sp³-hybridized carbons (Fsp3) is 0.474. The number of aryl methyl sites for hydroxylation is 1. The molecule has 2 heterocycles. The number of guanidine groups is 1. The number of piperazine rings is 1. The molecule has 1 saturated heterocycles. The van der Waals surface area contributed by atoms with Crippen molar-refractivity contribution in [1.29, 1.82) is 0 Å². The van der Waals surface area contributed by atoms with E-state index in [1.165, 1.54) is 12.1 Å². The number of halogens is 2. The molecule has 0 saturated carbocycles. The lowest BCUT2D eigenvalue weighted by Crippen LogP contribution is -2.52. The quantitative estimate of drug-likeness (QED) is 0.384. The fourth-order valence-corrected chi connectivity index (χ4v) is 3.73. The molecule has 0 radical (unpaired) electrons. The molecule has 1 fully saturated rings. The van der Waals surface area contributed by atoms with E-state index in [1.807, 2.05) is 12.1 Å². The monoisotopic (exact) mass is 503 g/mol. The highest BCUT2D eigenvalue weighted by atomic mass is 127. The summed E-state index contributed by atoms with van der Waals surface area (Å²) in [6, 6.07) is 6.73. The molecule has 148 valence electrons. The van der Waals surface area contributed by atoms with Crippen molar-refractivity contribution in [3.05, 3.63) is 46.2 Å². The van der Waals surface area contributed by atoms with E-state index in [0.717, 1.165) is 61.5 Å². The standard InChI is InChI=1S/C19H26FN5S.HI/c1-3-18-23-16(14-26-18)13-22-19(21-4-2)25-11-9-24(10-12-25)17-7-5-15(20)6-8-17;/h5-8,14H,3-4,9-13H2,1-2H3,(H,21,22);1H. The van der Waals surface area contributed by atoms with Crippen molar-refractivity contribution < 1.29 is 4.39 Å². The lowest BCUT2D eigenvalue weighted by Gasteiger charge is -2.37. The Kier molecular flexibility index (Phi) is 8.75. The summed E-state index contributed by atoms with van der Waals surface area (Å²) in [6.45, 7) is 9.23. The van der Waals surface area contributed by atoms with Gasteiger partial charge in [0.15, 0.2) is 5.96 Å². The van der Waals surface area contributed by atoms with Crippen molar-refractivity contribution in [3.63, 3.8) is 0 Å². The van der Waals surface area contributed by atoms with Gasteiger partial charge in [0, 0.05) is 43.8 Å². The number of aliphatic imine (C=N–C) groups is 1. The van der Waals surface area contributed by atoms with Crippen LogP contribution in [0, 0.1) is 5.82 Å². The minimum absolute atomic E-state index is 0. The molecule has 8 heteroatoms. The zero-order chi connectivity index (χ0) is 18.4. The second-order valence-corrected chi connectivity index (χ2v) is 7.15. The summed E-state index contributed by atoms with van der Waals surface area (Å²) in [5.41, 5.74) is 2.11. The van der Waals surface area contributed by atoms with Gasteiger partial charge in [-0.05, 0) is 37.6 Å². The van der Waals surface area contributed by atoms with Crippen molar-refractivity contribution >= 4 is 47.0 Å². The first kappa shape index (κ1) is 21.9. The number of nitrogens with one attached hydrogen (secondary N) is 1. The molecule has 5 nitrogen and oxygen atoms in total. The molecule has 1 aliphatic heterocycles. The summed E-state index contributed by atoms with van der Waals surface area (Å²) in [6.07, 6.45) is 0.972. The molecule has 2 aromatic rings. The van der Waals surface area contributed by atoms with Gasteiger partial charge in [-0.15, -0.1) is 35.3 Å². The van der Waals surface area contributed by atoms with Crippen LogP contribution in [0.25, 0.3) is 0 Å². The topological polar surface area (TPSA) is 43.8 Å². The zero-order valence-corrected chi connectivity index (χ0v) is 19.0. The second kappa shape index (κ2) is 10.8. The third-order valence-electron chi connectivity index (χ3n) is 4.40. The largest absolute Gasteiger partial charge is 0.368 e. The van der Waals surface area contributed by atoms with E-state index in [-0.39, 0.29) is 29.8 Å². The first-order valence-corrected chi connectivity index (χ1v) is 10.0. The Bertz CT molecular complexity index is 726. The van der Waals surface area contributed by atoms with E-state index in [4.69, 9.17) is 4.99 Å². The first-order chi connectivity index (χ1) is 12.7. The maximum Gasteiger partial charge on any atom is 0.194 e. The van der Waals surface area contributed by atoms with E-state index in [2.05, 4.69) is 39.3 Å². The van der Waals surface area contributed by atoms with Crippen LogP contribution in [0.1, 0.15) is 24.5 Å². The van der Waals surface area contributed by atoms with Gasteiger partial charge in [-0.3, -0.25) is 0 Å². The summed E-state index contributed by atoms with van der Waals surface area (Å²) in [5.74, 6) is 0.750. The molecule has 0 atom stereocenters. The summed E-state index contributed by atoms with van der Waals surface area (Å²) < 4.78 is 13.1. The molecule has 0 aliphatic carbocycles. The number of anilines is 1. The van der Waals surface area contributed by atoms with E-state index < -0.39 is 0 Å². The number of nitrogens with zero attached hydrogens (tertiary/aromatic N) is 4. The SMILES string of the molecule is CCNC(=NCc1csc(CC)n1)N1CCN(c2ccc(F)cc2)CC1.I. The Labute approximate surface area is 181 Å². The van der Waals surface area contributed by atoms with Gasteiger partial charge in [0.25, 0.3) is 0 Å². The predicted octanol–water partition coefficient (Wildman–Crippen LogP) is 3.75. The van der Waals surface area contributed by atoms with E-state index >= 15 is 0 Å². The molecule has 1 aliphatic rings. The van der Waals surface area contributed by atoms with Crippen LogP contribution in [0.2, 0.25) is 0 Å². The van der Waals surface area contributed by atoms with Crippen LogP contribution in [0.15, 0.2) is 34.6 Å². The van der Waals surface area contributed by atoms with E-state index in [9.17, 15) is 4.39 Å². The summed E-state index contributed by atoms with van der Waals surface area (Å²) in [5, 5.41) is 6.64. The van der Waals surface area contributed by atoms with Crippen molar-refractivity contribution in [2.24, 2.45) is 4.99 Å². The van der Waals surface area contributed by atoms with Crippen molar-refractivity contribution in [2.75, 3.05) is 37.6 Å². The maximum absolute atomic E-state index is 13.1. The van der Waals surface area contributed by atoms with Crippen LogP contribution in [0.4, 0.5) is 10.1 Å². The molecule has 0 unspecified atom stereocenters. The predicted molar refractivity (Wildman–Crippen MR) is 122 cm³/mol. The van der Waals surface area contributed by atoms with Crippen molar-refractivity contribution in [3.8, 4) is 0 Å². The number of hydrogen-bond donors (Lipinski definition) is 1. The molecule has 0 spiro atoms. The molecule has 0 bridgehead atoms. The van der Waals surface area contributed by atoms with Crippen molar-refractivity contribution in [2.45, 2.75) is 26.8 Å². The highest BCUT2D eigenvalue weighted by Crippen LogP contribution is 2.17. The Morgan fingerprint density at radius 2 is 1.89 bits per heavy atom. The molecule has 3 rings (SSSR count). The summed E-state index contributed by atoms with van der Waals surface area (Å²) in [4.78, 5) is 13.9. The van der Waals surface area contributed by atoms with Crippen molar-refractivity contribution in [1.82, 2.24) is 15.2 Å². The van der Waals surface area contributed by atoms with Crippen LogP contribution < -0.4 is 10.2 Å². The smallest absolute Gasteiger partial charge is 0.194 e. The van der Waals surface area contributed by atoms with Crippen LogP contribution in [0.3, 0.4) is 0 Å². The molecular weight excluding hydrogens is 476 g/mol.